The zero-order valence-electron chi connectivity index (χ0n) is 10.0. The van der Waals surface area contributed by atoms with E-state index in [9.17, 15) is 0 Å². The van der Waals surface area contributed by atoms with Crippen molar-refractivity contribution in [3.63, 3.8) is 0 Å². The Morgan fingerprint density at radius 1 is 1.17 bits per heavy atom. The average Bonchev–Trinajstić information content (AvgIpc) is 3.23. The van der Waals surface area contributed by atoms with E-state index in [0.717, 1.165) is 10.7 Å². The number of hydrogen-bond acceptors (Lipinski definition) is 2. The lowest BCUT2D eigenvalue weighted by atomic mass is 10.0. The van der Waals surface area contributed by atoms with Crippen LogP contribution in [0.5, 0.6) is 0 Å². The summed E-state index contributed by atoms with van der Waals surface area (Å²) in [5, 5.41) is 4.26. The first-order valence-electron chi connectivity index (χ1n) is 6.25. The molecule has 92 valence electrons. The van der Waals surface area contributed by atoms with Crippen LogP contribution in [-0.2, 0) is 0 Å². The number of rotatable bonds is 4. The molecule has 18 heavy (non-hydrogen) atoms. The summed E-state index contributed by atoms with van der Waals surface area (Å²) in [6.45, 7) is 0. The quantitative estimate of drug-likeness (QED) is 0.885. The number of hydrogen-bond donors (Lipinski definition) is 1. The molecule has 0 spiro atoms. The third-order valence-electron chi connectivity index (χ3n) is 3.33. The van der Waals surface area contributed by atoms with Gasteiger partial charge in [0.1, 0.15) is 0 Å². The molecule has 1 aliphatic rings. The highest BCUT2D eigenvalue weighted by molar-refractivity contribution is 6.33. The molecule has 1 aliphatic carbocycles. The SMILES string of the molecule is Clc1ccncc1NC(c1ccccc1)C1CC1. The average molecular weight is 259 g/mol. The van der Waals surface area contributed by atoms with Gasteiger partial charge in [0.15, 0.2) is 0 Å². The van der Waals surface area contributed by atoms with Crippen LogP contribution in [0, 0.1) is 5.92 Å². The normalized spacial score (nSPS) is 16.3. The molecule has 1 saturated carbocycles. The summed E-state index contributed by atoms with van der Waals surface area (Å²) in [6.07, 6.45) is 6.07. The number of benzene rings is 1. The van der Waals surface area contributed by atoms with Crippen molar-refractivity contribution in [3.8, 4) is 0 Å². The monoisotopic (exact) mass is 258 g/mol. The Labute approximate surface area is 112 Å². The van der Waals surface area contributed by atoms with Crippen molar-refractivity contribution in [3.05, 3.63) is 59.4 Å². The molecule has 1 atom stereocenters. The number of halogens is 1. The zero-order chi connectivity index (χ0) is 12.4. The van der Waals surface area contributed by atoms with Gasteiger partial charge >= 0.3 is 0 Å². The number of nitrogens with one attached hydrogen (secondary N) is 1. The molecule has 1 heterocycles. The fourth-order valence-corrected chi connectivity index (χ4v) is 2.37. The van der Waals surface area contributed by atoms with Gasteiger partial charge in [-0.25, -0.2) is 0 Å². The lowest BCUT2D eigenvalue weighted by Crippen LogP contribution is -2.13. The van der Waals surface area contributed by atoms with Crippen LogP contribution >= 0.6 is 11.6 Å². The van der Waals surface area contributed by atoms with E-state index < -0.39 is 0 Å². The van der Waals surface area contributed by atoms with E-state index in [2.05, 4.69) is 34.6 Å². The first kappa shape index (κ1) is 11.5. The van der Waals surface area contributed by atoms with E-state index in [1.54, 1.807) is 12.4 Å². The minimum absolute atomic E-state index is 0.341. The molecule has 0 amide bonds. The molecule has 3 heteroatoms. The molecule has 1 aromatic carbocycles. The third kappa shape index (κ3) is 2.49. The van der Waals surface area contributed by atoms with Crippen LogP contribution in [0.1, 0.15) is 24.4 Å². The molecule has 1 fully saturated rings. The van der Waals surface area contributed by atoms with Gasteiger partial charge in [0, 0.05) is 6.20 Å². The molecule has 0 aliphatic heterocycles. The highest BCUT2D eigenvalue weighted by Gasteiger charge is 2.32. The summed E-state index contributed by atoms with van der Waals surface area (Å²) < 4.78 is 0. The van der Waals surface area contributed by atoms with E-state index in [-0.39, 0.29) is 0 Å². The van der Waals surface area contributed by atoms with E-state index in [4.69, 9.17) is 11.6 Å². The molecule has 1 aromatic heterocycles. The number of nitrogens with zero attached hydrogens (tertiary/aromatic N) is 1. The molecule has 0 radical (unpaired) electrons. The van der Waals surface area contributed by atoms with E-state index >= 15 is 0 Å². The Bertz CT molecular complexity index is 523. The lowest BCUT2D eigenvalue weighted by molar-refractivity contribution is 0.678. The van der Waals surface area contributed by atoms with Gasteiger partial charge in [-0.2, -0.15) is 0 Å². The van der Waals surface area contributed by atoms with Gasteiger partial charge in [0.05, 0.1) is 22.9 Å². The fraction of sp³-hybridized carbons (Fsp3) is 0.267. The van der Waals surface area contributed by atoms with Crippen LogP contribution in [0.25, 0.3) is 0 Å². The molecule has 3 rings (SSSR count). The second kappa shape index (κ2) is 4.99. The summed E-state index contributed by atoms with van der Waals surface area (Å²) in [7, 11) is 0. The minimum atomic E-state index is 0.341. The van der Waals surface area contributed by atoms with Crippen LogP contribution in [0.15, 0.2) is 48.8 Å². The smallest absolute Gasteiger partial charge is 0.0720 e. The maximum atomic E-state index is 6.18. The van der Waals surface area contributed by atoms with Crippen molar-refractivity contribution in [1.29, 1.82) is 0 Å². The summed E-state index contributed by atoms with van der Waals surface area (Å²) in [5.74, 6) is 0.712. The molecule has 0 saturated heterocycles. The van der Waals surface area contributed by atoms with E-state index in [0.29, 0.717) is 12.0 Å². The van der Waals surface area contributed by atoms with Crippen LogP contribution in [-0.4, -0.2) is 4.98 Å². The Morgan fingerprint density at radius 3 is 2.61 bits per heavy atom. The predicted octanol–water partition coefficient (Wildman–Crippen LogP) is 4.30. The molecule has 2 nitrogen and oxygen atoms in total. The van der Waals surface area contributed by atoms with Gasteiger partial charge in [-0.1, -0.05) is 41.9 Å². The highest BCUT2D eigenvalue weighted by Crippen LogP contribution is 2.43. The molecule has 0 bridgehead atoms. The van der Waals surface area contributed by atoms with Crippen LogP contribution < -0.4 is 5.32 Å². The zero-order valence-corrected chi connectivity index (χ0v) is 10.8. The predicted molar refractivity (Wildman–Crippen MR) is 74.8 cm³/mol. The van der Waals surface area contributed by atoms with Gasteiger partial charge in [0.2, 0.25) is 0 Å². The van der Waals surface area contributed by atoms with E-state index in [1.807, 2.05) is 12.1 Å². The molecular formula is C15H15ClN2. The molecule has 2 aromatic rings. The van der Waals surface area contributed by atoms with Crippen molar-refractivity contribution in [2.45, 2.75) is 18.9 Å². The van der Waals surface area contributed by atoms with Gasteiger partial charge in [-0.05, 0) is 30.4 Å². The van der Waals surface area contributed by atoms with Gasteiger partial charge in [0.25, 0.3) is 0 Å². The maximum Gasteiger partial charge on any atom is 0.0720 e. The molecule has 1 N–H and O–H groups in total. The second-order valence-electron chi connectivity index (χ2n) is 4.73. The van der Waals surface area contributed by atoms with Crippen LogP contribution in [0.4, 0.5) is 5.69 Å². The van der Waals surface area contributed by atoms with Crippen LogP contribution in [0.2, 0.25) is 5.02 Å². The van der Waals surface area contributed by atoms with Crippen LogP contribution in [0.3, 0.4) is 0 Å². The molecular weight excluding hydrogens is 244 g/mol. The van der Waals surface area contributed by atoms with Crippen molar-refractivity contribution in [2.75, 3.05) is 5.32 Å². The van der Waals surface area contributed by atoms with Gasteiger partial charge in [-0.15, -0.1) is 0 Å². The Hall–Kier alpha value is -1.54. The first-order valence-corrected chi connectivity index (χ1v) is 6.63. The fourth-order valence-electron chi connectivity index (χ4n) is 2.21. The van der Waals surface area contributed by atoms with Crippen molar-refractivity contribution < 1.29 is 0 Å². The molecule has 1 unspecified atom stereocenters. The third-order valence-corrected chi connectivity index (χ3v) is 3.66. The topological polar surface area (TPSA) is 24.9 Å². The first-order chi connectivity index (χ1) is 8.84. The second-order valence-corrected chi connectivity index (χ2v) is 5.13. The summed E-state index contributed by atoms with van der Waals surface area (Å²) in [6, 6.07) is 12.7. The Kier molecular flexibility index (Phi) is 3.20. The summed E-state index contributed by atoms with van der Waals surface area (Å²) >= 11 is 6.18. The van der Waals surface area contributed by atoms with Crippen molar-refractivity contribution >= 4 is 17.3 Å². The summed E-state index contributed by atoms with van der Waals surface area (Å²) in [4.78, 5) is 4.13. The standard InChI is InChI=1S/C15H15ClN2/c16-13-8-9-17-10-14(13)18-15(12-6-7-12)11-4-2-1-3-5-11/h1-5,8-10,12,15,18H,6-7H2. The van der Waals surface area contributed by atoms with Crippen molar-refractivity contribution in [1.82, 2.24) is 4.98 Å². The summed E-state index contributed by atoms with van der Waals surface area (Å²) in [5.41, 5.74) is 2.24. The van der Waals surface area contributed by atoms with Gasteiger partial charge in [-0.3, -0.25) is 4.98 Å². The Morgan fingerprint density at radius 2 is 1.94 bits per heavy atom. The lowest BCUT2D eigenvalue weighted by Gasteiger charge is -2.20. The number of anilines is 1. The van der Waals surface area contributed by atoms with Gasteiger partial charge < -0.3 is 5.32 Å². The maximum absolute atomic E-state index is 6.18. The largest absolute Gasteiger partial charge is 0.376 e. The minimum Gasteiger partial charge on any atom is -0.376 e. The number of pyridine rings is 1. The number of aromatic nitrogens is 1. The van der Waals surface area contributed by atoms with Crippen molar-refractivity contribution in [2.24, 2.45) is 5.92 Å². The Balaban J connectivity index is 1.86. The highest BCUT2D eigenvalue weighted by atomic mass is 35.5. The van der Waals surface area contributed by atoms with E-state index in [1.165, 1.54) is 18.4 Å².